The van der Waals surface area contributed by atoms with Crippen LogP contribution in [0.15, 0.2) is 16.5 Å². The van der Waals surface area contributed by atoms with Crippen LogP contribution in [-0.4, -0.2) is 37.0 Å². The molecule has 1 amide bonds. The summed E-state index contributed by atoms with van der Waals surface area (Å²) in [5, 5.41) is 4.19. The van der Waals surface area contributed by atoms with Crippen molar-refractivity contribution < 1.29 is 9.21 Å². The Morgan fingerprint density at radius 3 is 2.44 bits per heavy atom. The summed E-state index contributed by atoms with van der Waals surface area (Å²) in [5.74, 6) is 0.353. The van der Waals surface area contributed by atoms with Crippen molar-refractivity contribution in [1.82, 2.24) is 10.2 Å². The monoisotopic (exact) mass is 342 g/mol. The lowest BCUT2D eigenvalue weighted by Gasteiger charge is -2.43. The zero-order chi connectivity index (χ0) is 18.2. The first-order chi connectivity index (χ1) is 11.9. The number of hydrogen-bond acceptors (Lipinski definition) is 3. The number of furan rings is 1. The van der Waals surface area contributed by atoms with Crippen LogP contribution in [0.4, 0.5) is 0 Å². The third kappa shape index (κ3) is 3.20. The van der Waals surface area contributed by atoms with Gasteiger partial charge in [0.25, 0.3) is 5.91 Å². The molecule has 1 heterocycles. The molecular weight excluding hydrogens is 312 g/mol. The minimum atomic E-state index is -0.0995. The van der Waals surface area contributed by atoms with Gasteiger partial charge in [-0.3, -0.25) is 4.79 Å². The Bertz CT molecular complexity index is 783. The zero-order valence-corrected chi connectivity index (χ0v) is 16.2. The van der Waals surface area contributed by atoms with Crippen molar-refractivity contribution in [2.75, 3.05) is 20.6 Å². The van der Waals surface area contributed by atoms with Gasteiger partial charge in [-0.05, 0) is 58.8 Å². The van der Waals surface area contributed by atoms with Crippen LogP contribution in [0.5, 0.6) is 0 Å². The quantitative estimate of drug-likeness (QED) is 0.898. The summed E-state index contributed by atoms with van der Waals surface area (Å²) in [5.41, 5.74) is 4.12. The van der Waals surface area contributed by atoms with E-state index < -0.39 is 0 Å². The van der Waals surface area contributed by atoms with E-state index in [-0.39, 0.29) is 11.4 Å². The van der Waals surface area contributed by atoms with Crippen molar-refractivity contribution in [1.29, 1.82) is 0 Å². The molecule has 3 rings (SSSR count). The highest BCUT2D eigenvalue weighted by atomic mass is 16.3. The molecule has 0 saturated heterocycles. The van der Waals surface area contributed by atoms with Gasteiger partial charge >= 0.3 is 0 Å². The fourth-order valence-electron chi connectivity index (χ4n) is 4.05. The van der Waals surface area contributed by atoms with Gasteiger partial charge in [0.05, 0.1) is 0 Å². The maximum absolute atomic E-state index is 12.8. The van der Waals surface area contributed by atoms with Crippen LogP contribution in [0.25, 0.3) is 11.0 Å². The summed E-state index contributed by atoms with van der Waals surface area (Å²) >= 11 is 0. The van der Waals surface area contributed by atoms with E-state index in [0.717, 1.165) is 34.9 Å². The molecule has 0 radical (unpaired) electrons. The average molecular weight is 342 g/mol. The average Bonchev–Trinajstić information content (AvgIpc) is 2.94. The largest absolute Gasteiger partial charge is 0.450 e. The third-order valence-electron chi connectivity index (χ3n) is 6.14. The number of amides is 1. The normalized spacial score (nSPS) is 17.2. The number of carbonyl (C=O) groups is 1. The number of rotatable bonds is 4. The molecule has 0 atom stereocenters. The van der Waals surface area contributed by atoms with E-state index in [1.807, 2.05) is 13.8 Å². The molecule has 1 saturated carbocycles. The lowest BCUT2D eigenvalue weighted by molar-refractivity contribution is 0.0780. The minimum Gasteiger partial charge on any atom is -0.450 e. The topological polar surface area (TPSA) is 45.5 Å². The van der Waals surface area contributed by atoms with Gasteiger partial charge in [0.15, 0.2) is 5.76 Å². The predicted octanol–water partition coefficient (Wildman–Crippen LogP) is 4.35. The van der Waals surface area contributed by atoms with Crippen LogP contribution in [0.1, 0.15) is 59.3 Å². The lowest BCUT2D eigenvalue weighted by atomic mass is 9.80. The molecule has 4 nitrogen and oxygen atoms in total. The highest BCUT2D eigenvalue weighted by Crippen LogP contribution is 2.32. The molecule has 1 aromatic heterocycles. The number of benzene rings is 1. The van der Waals surface area contributed by atoms with E-state index in [9.17, 15) is 4.79 Å². The lowest BCUT2D eigenvalue weighted by Crippen LogP contribution is -2.53. The second-order valence-electron chi connectivity index (χ2n) is 7.80. The zero-order valence-electron chi connectivity index (χ0n) is 16.2. The van der Waals surface area contributed by atoms with Crippen molar-refractivity contribution in [2.24, 2.45) is 0 Å². The highest BCUT2D eigenvalue weighted by molar-refractivity contribution is 5.99. The predicted molar refractivity (Wildman–Crippen MR) is 102 cm³/mol. The summed E-state index contributed by atoms with van der Waals surface area (Å²) in [6.07, 6.45) is 6.03. The molecule has 2 aromatic rings. The molecule has 1 aliphatic rings. The molecule has 0 aliphatic heterocycles. The van der Waals surface area contributed by atoms with Gasteiger partial charge in [-0.2, -0.15) is 0 Å². The first kappa shape index (κ1) is 18.0. The Hall–Kier alpha value is -1.81. The van der Waals surface area contributed by atoms with Crippen molar-refractivity contribution >= 4 is 16.9 Å². The Kier molecular flexibility index (Phi) is 4.92. The van der Waals surface area contributed by atoms with E-state index in [1.165, 1.54) is 24.8 Å². The van der Waals surface area contributed by atoms with Crippen LogP contribution >= 0.6 is 0 Å². The second kappa shape index (κ2) is 6.83. The van der Waals surface area contributed by atoms with Gasteiger partial charge < -0.3 is 14.6 Å². The van der Waals surface area contributed by atoms with Crippen LogP contribution in [0, 0.1) is 20.8 Å². The first-order valence-corrected chi connectivity index (χ1v) is 9.31. The van der Waals surface area contributed by atoms with E-state index in [0.29, 0.717) is 12.3 Å². The minimum absolute atomic E-state index is 0.0698. The van der Waals surface area contributed by atoms with Crippen molar-refractivity contribution in [3.8, 4) is 0 Å². The van der Waals surface area contributed by atoms with Gasteiger partial charge in [-0.1, -0.05) is 31.4 Å². The van der Waals surface area contributed by atoms with Crippen LogP contribution in [0.2, 0.25) is 0 Å². The van der Waals surface area contributed by atoms with E-state index in [4.69, 9.17) is 4.42 Å². The van der Waals surface area contributed by atoms with Gasteiger partial charge in [0.2, 0.25) is 0 Å². The smallest absolute Gasteiger partial charge is 0.287 e. The first-order valence-electron chi connectivity index (χ1n) is 9.31. The third-order valence-corrected chi connectivity index (χ3v) is 6.14. The van der Waals surface area contributed by atoms with Crippen LogP contribution in [0.3, 0.4) is 0 Å². The SMILES string of the molecule is Cc1ccc2c(C)c(C(=O)NCC3(N(C)C)CCCCC3)oc2c1C. The second-order valence-corrected chi connectivity index (χ2v) is 7.80. The van der Waals surface area contributed by atoms with Crippen molar-refractivity contribution in [3.05, 3.63) is 34.6 Å². The molecule has 0 bridgehead atoms. The van der Waals surface area contributed by atoms with Gasteiger partial charge in [-0.15, -0.1) is 0 Å². The summed E-state index contributed by atoms with van der Waals surface area (Å²) in [6, 6.07) is 4.14. The summed E-state index contributed by atoms with van der Waals surface area (Å²) in [4.78, 5) is 15.1. The Balaban J connectivity index is 1.83. The molecule has 0 unspecified atom stereocenters. The van der Waals surface area contributed by atoms with Gasteiger partial charge in [0, 0.05) is 23.0 Å². The number of aryl methyl sites for hydroxylation is 3. The summed E-state index contributed by atoms with van der Waals surface area (Å²) in [6.45, 7) is 6.76. The molecule has 1 aliphatic carbocycles. The number of likely N-dealkylation sites (N-methyl/N-ethyl adjacent to an activating group) is 1. The van der Waals surface area contributed by atoms with E-state index in [1.54, 1.807) is 0 Å². The molecule has 1 N–H and O–H groups in total. The standard InChI is InChI=1S/C21H30N2O2/c1-14-9-10-17-16(3)19(25-18(17)15(14)2)20(24)22-13-21(23(4)5)11-7-6-8-12-21/h9-10H,6-8,11-13H2,1-5H3,(H,22,24). The molecule has 0 spiro atoms. The maximum atomic E-state index is 12.8. The molecule has 4 heteroatoms. The van der Waals surface area contributed by atoms with Crippen molar-refractivity contribution in [3.63, 3.8) is 0 Å². The molecule has 1 aromatic carbocycles. The van der Waals surface area contributed by atoms with Crippen LogP contribution in [-0.2, 0) is 0 Å². The molecule has 1 fully saturated rings. The maximum Gasteiger partial charge on any atom is 0.287 e. The van der Waals surface area contributed by atoms with Crippen LogP contribution < -0.4 is 5.32 Å². The molecule has 136 valence electrons. The number of nitrogens with one attached hydrogen (secondary N) is 1. The van der Waals surface area contributed by atoms with E-state index >= 15 is 0 Å². The summed E-state index contributed by atoms with van der Waals surface area (Å²) in [7, 11) is 4.24. The summed E-state index contributed by atoms with van der Waals surface area (Å²) < 4.78 is 5.98. The molecular formula is C21H30N2O2. The fourth-order valence-corrected chi connectivity index (χ4v) is 4.05. The number of nitrogens with zero attached hydrogens (tertiary/aromatic N) is 1. The fraction of sp³-hybridized carbons (Fsp3) is 0.571. The highest BCUT2D eigenvalue weighted by Gasteiger charge is 2.35. The Morgan fingerprint density at radius 1 is 1.12 bits per heavy atom. The Morgan fingerprint density at radius 2 is 1.80 bits per heavy atom. The Labute approximate surface area is 150 Å². The number of fused-ring (bicyclic) bond motifs is 1. The number of carbonyl (C=O) groups excluding carboxylic acids is 1. The van der Waals surface area contributed by atoms with E-state index in [2.05, 4.69) is 43.4 Å². The molecule has 25 heavy (non-hydrogen) atoms. The van der Waals surface area contributed by atoms with Crippen molar-refractivity contribution in [2.45, 2.75) is 58.4 Å². The number of hydrogen-bond donors (Lipinski definition) is 1. The van der Waals surface area contributed by atoms with Gasteiger partial charge in [0.1, 0.15) is 5.58 Å². The van der Waals surface area contributed by atoms with Gasteiger partial charge in [-0.25, -0.2) is 0 Å².